The highest BCUT2D eigenvalue weighted by Gasteiger charge is 2.25. The number of nitrogens with zero attached hydrogens (tertiary/aromatic N) is 4. The molecule has 0 fully saturated rings. The van der Waals surface area contributed by atoms with Gasteiger partial charge in [-0.05, 0) is 54.9 Å². The van der Waals surface area contributed by atoms with Gasteiger partial charge in [0.1, 0.15) is 24.1 Å². The Labute approximate surface area is 224 Å². The van der Waals surface area contributed by atoms with Gasteiger partial charge in [0.25, 0.3) is 0 Å². The molecule has 0 saturated carbocycles. The van der Waals surface area contributed by atoms with Crippen molar-refractivity contribution in [3.8, 4) is 17.2 Å². The van der Waals surface area contributed by atoms with Crippen LogP contribution in [0.4, 0.5) is 10.1 Å². The van der Waals surface area contributed by atoms with Gasteiger partial charge in [-0.25, -0.2) is 4.39 Å². The predicted molar refractivity (Wildman–Crippen MR) is 142 cm³/mol. The number of halogens is 2. The number of nitrogens with one attached hydrogen (secondary N) is 2. The average Bonchev–Trinajstić information content (AvgIpc) is 3.42. The van der Waals surface area contributed by atoms with Gasteiger partial charge in [0.2, 0.25) is 5.91 Å². The third kappa shape index (κ3) is 7.05. The van der Waals surface area contributed by atoms with Crippen LogP contribution in [0.5, 0.6) is 17.2 Å². The van der Waals surface area contributed by atoms with E-state index in [1.807, 2.05) is 12.1 Å². The summed E-state index contributed by atoms with van der Waals surface area (Å²) in [7, 11) is 1.72. The molecule has 1 unspecified atom stereocenters. The van der Waals surface area contributed by atoms with Crippen molar-refractivity contribution in [2.45, 2.75) is 25.8 Å². The van der Waals surface area contributed by atoms with E-state index in [4.69, 9.17) is 21.1 Å². The number of H-pyrrole nitrogens is 1. The van der Waals surface area contributed by atoms with Crippen molar-refractivity contribution < 1.29 is 18.7 Å². The molecule has 0 aliphatic rings. The van der Waals surface area contributed by atoms with Crippen molar-refractivity contribution in [3.05, 3.63) is 89.0 Å². The number of ether oxygens (including phenoxy) is 2. The van der Waals surface area contributed by atoms with Crippen LogP contribution in [-0.2, 0) is 4.79 Å². The summed E-state index contributed by atoms with van der Waals surface area (Å²) in [4.78, 5) is 14.5. The Balaban J connectivity index is 1.37. The molecule has 1 heterocycles. The SMILES string of the molecule is CC(C)c1ccc(Oc2ccc(NC(=O)CN(C)C(COc3ccccc3Cl)c3nn[nH]n3)cc2F)cc1. The maximum Gasteiger partial charge on any atom is 0.238 e. The molecular formula is C27H28ClFN6O3. The number of benzene rings is 3. The van der Waals surface area contributed by atoms with Gasteiger partial charge in [0, 0.05) is 11.8 Å². The summed E-state index contributed by atoms with van der Waals surface area (Å²) in [5, 5.41) is 17.3. The molecule has 1 aromatic heterocycles. The van der Waals surface area contributed by atoms with Gasteiger partial charge < -0.3 is 14.8 Å². The highest BCUT2D eigenvalue weighted by molar-refractivity contribution is 6.32. The number of hydrogen-bond donors (Lipinski definition) is 2. The van der Waals surface area contributed by atoms with Gasteiger partial charge in [-0.2, -0.15) is 5.21 Å². The summed E-state index contributed by atoms with van der Waals surface area (Å²) in [6, 6.07) is 18.3. The Kier molecular flexibility index (Phi) is 8.88. The van der Waals surface area contributed by atoms with Crippen LogP contribution in [0.1, 0.15) is 37.2 Å². The monoisotopic (exact) mass is 538 g/mol. The maximum atomic E-state index is 14.7. The zero-order valence-electron chi connectivity index (χ0n) is 21.2. The van der Waals surface area contributed by atoms with Crippen molar-refractivity contribution >= 4 is 23.2 Å². The Morgan fingerprint density at radius 1 is 1.11 bits per heavy atom. The van der Waals surface area contributed by atoms with Gasteiger partial charge in [0.15, 0.2) is 17.4 Å². The first-order valence-corrected chi connectivity index (χ1v) is 12.4. The fourth-order valence-corrected chi connectivity index (χ4v) is 3.88. The molecule has 3 aromatic carbocycles. The minimum absolute atomic E-state index is 0.0485. The smallest absolute Gasteiger partial charge is 0.238 e. The molecule has 11 heteroatoms. The predicted octanol–water partition coefficient (Wildman–Crippen LogP) is 5.60. The van der Waals surface area contributed by atoms with E-state index in [1.54, 1.807) is 54.4 Å². The molecule has 4 rings (SSSR count). The Hall–Kier alpha value is -4.02. The van der Waals surface area contributed by atoms with E-state index < -0.39 is 11.9 Å². The second-order valence-electron chi connectivity index (χ2n) is 8.96. The van der Waals surface area contributed by atoms with E-state index in [0.29, 0.717) is 34.0 Å². The zero-order chi connectivity index (χ0) is 27.1. The number of carbonyl (C=O) groups excluding carboxylic acids is 1. The topological polar surface area (TPSA) is 105 Å². The van der Waals surface area contributed by atoms with Gasteiger partial charge in [-0.1, -0.05) is 54.9 Å². The lowest BCUT2D eigenvalue weighted by atomic mass is 10.0. The van der Waals surface area contributed by atoms with E-state index in [1.165, 1.54) is 12.1 Å². The lowest BCUT2D eigenvalue weighted by Gasteiger charge is -2.25. The van der Waals surface area contributed by atoms with Crippen LogP contribution in [0.3, 0.4) is 0 Å². The van der Waals surface area contributed by atoms with Crippen LogP contribution in [0.2, 0.25) is 5.02 Å². The summed E-state index contributed by atoms with van der Waals surface area (Å²) in [6.45, 7) is 4.26. The van der Waals surface area contributed by atoms with Crippen LogP contribution in [0, 0.1) is 5.82 Å². The first-order valence-electron chi connectivity index (χ1n) is 12.0. The molecule has 198 valence electrons. The molecule has 38 heavy (non-hydrogen) atoms. The number of amides is 1. The molecule has 9 nitrogen and oxygen atoms in total. The molecule has 2 N–H and O–H groups in total. The van der Waals surface area contributed by atoms with Crippen molar-refractivity contribution in [2.75, 3.05) is 25.5 Å². The normalized spacial score (nSPS) is 12.0. The number of aromatic amines is 1. The Bertz CT molecular complexity index is 1350. The first kappa shape index (κ1) is 27.0. The largest absolute Gasteiger partial charge is 0.490 e. The van der Waals surface area contributed by atoms with Gasteiger partial charge in [-0.15, -0.1) is 10.2 Å². The Morgan fingerprint density at radius 3 is 2.53 bits per heavy atom. The van der Waals surface area contributed by atoms with Gasteiger partial charge >= 0.3 is 0 Å². The van der Waals surface area contributed by atoms with Crippen LogP contribution < -0.4 is 14.8 Å². The molecule has 4 aromatic rings. The van der Waals surface area contributed by atoms with Crippen LogP contribution in [0.25, 0.3) is 0 Å². The minimum atomic E-state index is -0.595. The summed E-state index contributed by atoms with van der Waals surface area (Å²) >= 11 is 6.18. The molecular weight excluding hydrogens is 511 g/mol. The number of aromatic nitrogens is 4. The highest BCUT2D eigenvalue weighted by atomic mass is 35.5. The van der Waals surface area contributed by atoms with E-state index in [-0.39, 0.29) is 24.8 Å². The number of rotatable bonds is 11. The van der Waals surface area contributed by atoms with Gasteiger partial charge in [0.05, 0.1) is 11.6 Å². The second-order valence-corrected chi connectivity index (χ2v) is 9.37. The summed E-state index contributed by atoms with van der Waals surface area (Å²) < 4.78 is 26.2. The standard InChI is InChI=1S/C27H28ClFN6O3/c1-17(2)18-8-11-20(12-9-18)38-25-13-10-19(14-22(25)29)30-26(36)15-35(3)23(27-31-33-34-32-27)16-37-24-7-5-4-6-21(24)28/h4-14,17,23H,15-16H2,1-3H3,(H,30,36)(H,31,32,33,34). The molecule has 0 saturated heterocycles. The summed E-state index contributed by atoms with van der Waals surface area (Å²) in [6.07, 6.45) is 0. The fraction of sp³-hybridized carbons (Fsp3) is 0.259. The average molecular weight is 539 g/mol. The number of carbonyl (C=O) groups is 1. The minimum Gasteiger partial charge on any atom is -0.490 e. The summed E-state index contributed by atoms with van der Waals surface area (Å²) in [5.41, 5.74) is 1.46. The molecule has 0 aliphatic carbocycles. The molecule has 0 aliphatic heterocycles. The molecule has 0 spiro atoms. The van der Waals surface area contributed by atoms with Crippen LogP contribution >= 0.6 is 11.6 Å². The van der Waals surface area contributed by atoms with E-state index >= 15 is 0 Å². The molecule has 1 atom stereocenters. The van der Waals surface area contributed by atoms with E-state index in [9.17, 15) is 9.18 Å². The Morgan fingerprint density at radius 2 is 1.87 bits per heavy atom. The van der Waals surface area contributed by atoms with Crippen LogP contribution in [0.15, 0.2) is 66.7 Å². The van der Waals surface area contributed by atoms with Crippen molar-refractivity contribution in [3.63, 3.8) is 0 Å². The number of para-hydroxylation sites is 1. The van der Waals surface area contributed by atoms with E-state index in [0.717, 1.165) is 5.56 Å². The second kappa shape index (κ2) is 12.5. The third-order valence-electron chi connectivity index (χ3n) is 5.81. The molecule has 0 radical (unpaired) electrons. The number of likely N-dealkylation sites (N-methyl/N-ethyl adjacent to an activating group) is 1. The third-order valence-corrected chi connectivity index (χ3v) is 6.12. The quantitative estimate of drug-likeness (QED) is 0.256. The van der Waals surface area contributed by atoms with Crippen LogP contribution in [-0.4, -0.2) is 51.6 Å². The molecule has 0 bridgehead atoms. The lowest BCUT2D eigenvalue weighted by molar-refractivity contribution is -0.117. The van der Waals surface area contributed by atoms with E-state index in [2.05, 4.69) is 39.8 Å². The fourth-order valence-electron chi connectivity index (χ4n) is 3.69. The molecule has 1 amide bonds. The number of tetrazole rings is 1. The maximum absolute atomic E-state index is 14.7. The van der Waals surface area contributed by atoms with Crippen molar-refractivity contribution in [1.29, 1.82) is 0 Å². The van der Waals surface area contributed by atoms with Gasteiger partial charge in [-0.3, -0.25) is 9.69 Å². The van der Waals surface area contributed by atoms with Crippen molar-refractivity contribution in [1.82, 2.24) is 25.5 Å². The first-order chi connectivity index (χ1) is 18.3. The summed E-state index contributed by atoms with van der Waals surface area (Å²) in [5.74, 6) is 0.859. The lowest BCUT2D eigenvalue weighted by Crippen LogP contribution is -2.36. The number of hydrogen-bond acceptors (Lipinski definition) is 7. The highest BCUT2D eigenvalue weighted by Crippen LogP contribution is 2.28. The van der Waals surface area contributed by atoms with Crippen molar-refractivity contribution in [2.24, 2.45) is 0 Å². The number of anilines is 1. The zero-order valence-corrected chi connectivity index (χ0v) is 21.9.